The lowest BCUT2D eigenvalue weighted by Crippen LogP contribution is -2.54. The summed E-state index contributed by atoms with van der Waals surface area (Å²) >= 11 is 0. The monoisotopic (exact) mass is 1150 g/mol. The number of carboxylic acids is 4. The van der Waals surface area contributed by atoms with E-state index < -0.39 is 117 Å². The molecule has 2 aromatic carbocycles. The summed E-state index contributed by atoms with van der Waals surface area (Å²) in [6.07, 6.45) is 4.39. The fourth-order valence-electron chi connectivity index (χ4n) is 8.95. The number of H-pyrrole nitrogens is 1. The van der Waals surface area contributed by atoms with Gasteiger partial charge in [0.2, 0.25) is 27.3 Å². The lowest BCUT2D eigenvalue weighted by Gasteiger charge is -2.33. The van der Waals surface area contributed by atoms with Gasteiger partial charge in [0, 0.05) is 103 Å². The number of rotatable bonds is 26. The Labute approximate surface area is 454 Å². The van der Waals surface area contributed by atoms with Crippen LogP contribution in [0.1, 0.15) is 39.0 Å². The zero-order chi connectivity index (χ0) is 58.2. The lowest BCUT2D eigenvalue weighted by molar-refractivity contribution is -0.140. The Kier molecular flexibility index (Phi) is 22.5. The van der Waals surface area contributed by atoms with Crippen LogP contribution in [0.25, 0.3) is 10.9 Å². The van der Waals surface area contributed by atoms with Gasteiger partial charge >= 0.3 is 23.9 Å². The van der Waals surface area contributed by atoms with Crippen LogP contribution >= 0.6 is 0 Å². The number of amides is 3. The first-order chi connectivity index (χ1) is 37.2. The molecule has 3 amide bonds. The van der Waals surface area contributed by atoms with Crippen LogP contribution in [0.3, 0.4) is 0 Å². The second-order valence-corrected chi connectivity index (χ2v) is 22.1. The zero-order valence-corrected chi connectivity index (χ0v) is 45.3. The van der Waals surface area contributed by atoms with Crippen molar-refractivity contribution in [3.63, 3.8) is 0 Å². The van der Waals surface area contributed by atoms with Gasteiger partial charge in [0.15, 0.2) is 5.95 Å². The molecule has 432 valence electrons. The third-order valence-electron chi connectivity index (χ3n) is 12.6. The summed E-state index contributed by atoms with van der Waals surface area (Å²) in [7, 11) is -9.34. The van der Waals surface area contributed by atoms with Crippen LogP contribution in [0.4, 0.5) is 5.95 Å². The van der Waals surface area contributed by atoms with E-state index in [4.69, 9.17) is 0 Å². The molecule has 31 heteroatoms. The van der Waals surface area contributed by atoms with Crippen molar-refractivity contribution in [1.29, 1.82) is 0 Å². The first kappa shape index (κ1) is 62.5. The molecule has 1 saturated heterocycles. The molecule has 1 aliphatic rings. The first-order valence-electron chi connectivity index (χ1n) is 24.8. The highest BCUT2D eigenvalue weighted by atomic mass is 32.2. The Bertz CT molecular complexity index is 3100. The van der Waals surface area contributed by atoms with E-state index in [9.17, 15) is 80.2 Å². The number of aryl methyl sites for hydroxylation is 4. The van der Waals surface area contributed by atoms with Gasteiger partial charge in [-0.2, -0.15) is 13.1 Å². The highest BCUT2D eigenvalue weighted by Crippen LogP contribution is 2.22. The molecule has 5 rings (SSSR count). The highest BCUT2D eigenvalue weighted by Gasteiger charge is 2.31. The van der Waals surface area contributed by atoms with E-state index in [1.165, 1.54) is 32.8 Å². The normalized spacial score (nSPS) is 15.5. The molecule has 29 nitrogen and oxygen atoms in total. The maximum atomic E-state index is 14.0. The van der Waals surface area contributed by atoms with Gasteiger partial charge in [0.1, 0.15) is 23.4 Å². The van der Waals surface area contributed by atoms with E-state index in [1.807, 2.05) is 0 Å². The fraction of sp³-hybridized carbons (Fsp3) is 0.479. The molecule has 0 unspecified atom stereocenters. The standard InChI is InChI=1S/C48H66N12O17S2/c1-30-19-31(2)44(32(3)20-30)79(76,77)55-36(47(71)72)23-52-45(69)35-24-60(38-21-33(5-6-34(38)43(35)68)22-53-48-50-8-9-51-48)10-4-7-49-46(70)37(29-78(73,74)75)54-39(61)25-56-11-13-57(26-40(62)63)15-17-59(28-42(66)67)18-16-58(14-12-56)27-41(64)65/h5-6,8-9,19-21,24,36-37,55H,4,7,10-18,22-23,25-29H2,1-3H3,(H,49,70)(H,52,69)(H,54,61)(H,62,63)(H,64,65)(H,66,67)(H,71,72)(H2,50,51,53)(H,73,74,75)/t36-,37-/m0/s1. The molecule has 0 aliphatic carbocycles. The maximum Gasteiger partial charge on any atom is 0.323 e. The van der Waals surface area contributed by atoms with E-state index in [0.717, 1.165) is 5.56 Å². The van der Waals surface area contributed by atoms with Crippen molar-refractivity contribution < 1.29 is 75.4 Å². The average Bonchev–Trinajstić information content (AvgIpc) is 3.92. The second-order valence-electron chi connectivity index (χ2n) is 19.0. The van der Waals surface area contributed by atoms with E-state index in [-0.39, 0.29) is 95.2 Å². The Morgan fingerprint density at radius 1 is 0.734 bits per heavy atom. The van der Waals surface area contributed by atoms with Crippen molar-refractivity contribution in [2.24, 2.45) is 0 Å². The number of aromatic amines is 1. The van der Waals surface area contributed by atoms with Crippen LogP contribution in [0.2, 0.25) is 0 Å². The molecule has 79 heavy (non-hydrogen) atoms. The summed E-state index contributed by atoms with van der Waals surface area (Å²) in [6, 6.07) is 4.29. The van der Waals surface area contributed by atoms with Gasteiger partial charge in [-0.05, 0) is 56.0 Å². The van der Waals surface area contributed by atoms with Crippen molar-refractivity contribution in [2.45, 2.75) is 57.3 Å². The number of nitrogens with one attached hydrogen (secondary N) is 6. The molecular formula is C48H66N12O17S2. The molecular weight excluding hydrogens is 1080 g/mol. The lowest BCUT2D eigenvalue weighted by atomic mass is 10.1. The number of fused-ring (bicyclic) bond motifs is 1. The van der Waals surface area contributed by atoms with Crippen molar-refractivity contribution >= 4 is 78.6 Å². The summed E-state index contributed by atoms with van der Waals surface area (Å²) in [5.74, 6) is -8.84. The minimum absolute atomic E-state index is 0.0269. The van der Waals surface area contributed by atoms with Crippen LogP contribution in [-0.4, -0.2) is 227 Å². The third-order valence-corrected chi connectivity index (χ3v) is 15.1. The Balaban J connectivity index is 1.32. The van der Waals surface area contributed by atoms with Crippen molar-refractivity contribution in [3.05, 3.63) is 87.0 Å². The Morgan fingerprint density at radius 3 is 1.77 bits per heavy atom. The van der Waals surface area contributed by atoms with Crippen LogP contribution in [0, 0.1) is 20.8 Å². The van der Waals surface area contributed by atoms with E-state index in [2.05, 4.69) is 36.0 Å². The molecule has 4 aromatic rings. The predicted octanol–water partition coefficient (Wildman–Crippen LogP) is -2.22. The van der Waals surface area contributed by atoms with E-state index in [0.29, 0.717) is 28.2 Å². The molecule has 1 aliphatic heterocycles. The molecule has 0 spiro atoms. The number of carboxylic acid groups (broad SMARTS) is 4. The number of hydrogen-bond acceptors (Lipinski definition) is 18. The minimum Gasteiger partial charge on any atom is -0.480 e. The number of carbonyl (C=O) groups excluding carboxylic acids is 3. The maximum absolute atomic E-state index is 14.0. The second kappa shape index (κ2) is 28.5. The number of pyridine rings is 1. The minimum atomic E-state index is -4.91. The van der Waals surface area contributed by atoms with Gasteiger partial charge in [0.05, 0.1) is 36.6 Å². The van der Waals surface area contributed by atoms with E-state index in [1.54, 1.807) is 61.0 Å². The highest BCUT2D eigenvalue weighted by molar-refractivity contribution is 7.89. The molecule has 2 atom stereocenters. The fourth-order valence-corrected chi connectivity index (χ4v) is 11.3. The molecule has 1 fully saturated rings. The number of carbonyl (C=O) groups is 7. The number of aromatic nitrogens is 3. The summed E-state index contributed by atoms with van der Waals surface area (Å²) in [4.78, 5) is 115. The summed E-state index contributed by atoms with van der Waals surface area (Å²) < 4.78 is 64.7. The van der Waals surface area contributed by atoms with Gasteiger partial charge in [-0.15, -0.1) is 0 Å². The first-order valence-corrected chi connectivity index (χ1v) is 27.8. The smallest absolute Gasteiger partial charge is 0.323 e. The van der Waals surface area contributed by atoms with Crippen LogP contribution < -0.4 is 31.4 Å². The number of benzene rings is 2. The summed E-state index contributed by atoms with van der Waals surface area (Å²) in [5, 5.41) is 48.9. The number of imidazole rings is 1. The quantitative estimate of drug-likeness (QED) is 0.0234. The van der Waals surface area contributed by atoms with Gasteiger partial charge in [-0.3, -0.25) is 62.5 Å². The average molecular weight is 1150 g/mol. The SMILES string of the molecule is Cc1cc(C)c(S(=O)(=O)N[C@@H](CNC(=O)c2cn(CCCNC(=O)[C@H](CS(=O)(=O)O)NC(=O)CN3CCN(CC(=O)O)CCN(CC(=O)O)CCN(CC(=O)O)CC3)c3cc(CNc4ncc[nH]4)ccc3c2=O)C(=O)O)c(C)c1. The van der Waals surface area contributed by atoms with Crippen molar-refractivity contribution in [3.8, 4) is 0 Å². The molecule has 0 saturated carbocycles. The molecule has 11 N–H and O–H groups in total. The van der Waals surface area contributed by atoms with Crippen molar-refractivity contribution in [2.75, 3.05) is 103 Å². The van der Waals surface area contributed by atoms with Gasteiger partial charge in [0.25, 0.3) is 16.0 Å². The van der Waals surface area contributed by atoms with Crippen LogP contribution in [0.5, 0.6) is 0 Å². The molecule has 3 heterocycles. The number of hydrogen-bond donors (Lipinski definition) is 11. The summed E-state index contributed by atoms with van der Waals surface area (Å²) in [6.45, 7) is 3.00. The number of sulfonamides is 1. The number of anilines is 1. The number of nitrogens with zero attached hydrogens (tertiary/aromatic N) is 6. The topological polar surface area (TPSA) is 413 Å². The Hall–Kier alpha value is -7.39. The molecule has 0 bridgehead atoms. The largest absolute Gasteiger partial charge is 0.480 e. The van der Waals surface area contributed by atoms with Crippen LogP contribution in [0.15, 0.2) is 58.6 Å². The van der Waals surface area contributed by atoms with Crippen molar-refractivity contribution in [1.82, 2.24) is 54.8 Å². The predicted molar refractivity (Wildman–Crippen MR) is 283 cm³/mol. The van der Waals surface area contributed by atoms with E-state index >= 15 is 0 Å². The van der Waals surface area contributed by atoms with Gasteiger partial charge in [-0.1, -0.05) is 23.8 Å². The zero-order valence-electron chi connectivity index (χ0n) is 43.6. The third kappa shape index (κ3) is 19.8. The van der Waals surface area contributed by atoms with Crippen LogP contribution in [-0.2, 0) is 62.0 Å². The molecule has 0 radical (unpaired) electrons. The van der Waals surface area contributed by atoms with Gasteiger partial charge < -0.3 is 51.2 Å². The number of aliphatic carboxylic acids is 4. The Morgan fingerprint density at radius 2 is 1.28 bits per heavy atom. The molecule has 2 aromatic heterocycles. The summed E-state index contributed by atoms with van der Waals surface area (Å²) in [5.41, 5.74) is 1.30. The van der Waals surface area contributed by atoms with Gasteiger partial charge in [-0.25, -0.2) is 13.4 Å².